The van der Waals surface area contributed by atoms with Gasteiger partial charge in [-0.2, -0.15) is 5.10 Å². The Morgan fingerprint density at radius 1 is 1.33 bits per heavy atom. The van der Waals surface area contributed by atoms with Crippen LogP contribution in [-0.2, 0) is 19.9 Å². The van der Waals surface area contributed by atoms with E-state index >= 15 is 0 Å². The molecule has 1 atom stereocenters. The highest BCUT2D eigenvalue weighted by Crippen LogP contribution is 2.24. The number of benzene rings is 1. The standard InChI is InChI=1S/C14H17Cl2FN4/c1-8-10(14(16)21(2)20-8)6-9(19-18)7-11-12(15)4-3-5-13(11)17/h3-5,9,19H,6-7,18H2,1-2H3. The van der Waals surface area contributed by atoms with Crippen LogP contribution in [0.1, 0.15) is 16.8 Å². The van der Waals surface area contributed by atoms with Gasteiger partial charge >= 0.3 is 0 Å². The highest BCUT2D eigenvalue weighted by Gasteiger charge is 2.19. The first-order valence-corrected chi connectivity index (χ1v) is 7.26. The quantitative estimate of drug-likeness (QED) is 0.654. The summed E-state index contributed by atoms with van der Waals surface area (Å²) in [7, 11) is 1.78. The largest absolute Gasteiger partial charge is 0.271 e. The summed E-state index contributed by atoms with van der Waals surface area (Å²) < 4.78 is 15.5. The molecule has 0 bridgehead atoms. The zero-order valence-corrected chi connectivity index (χ0v) is 13.3. The lowest BCUT2D eigenvalue weighted by Gasteiger charge is -2.17. The Labute approximate surface area is 133 Å². The van der Waals surface area contributed by atoms with Crippen molar-refractivity contribution in [1.82, 2.24) is 15.2 Å². The fourth-order valence-corrected chi connectivity index (χ4v) is 2.81. The van der Waals surface area contributed by atoms with Crippen molar-refractivity contribution in [3.8, 4) is 0 Å². The Hall–Kier alpha value is -1.14. The van der Waals surface area contributed by atoms with Gasteiger partial charge in [0, 0.05) is 29.2 Å². The average molecular weight is 331 g/mol. The van der Waals surface area contributed by atoms with E-state index in [9.17, 15) is 4.39 Å². The molecular formula is C14H17Cl2FN4. The molecule has 2 rings (SSSR count). The lowest BCUT2D eigenvalue weighted by Crippen LogP contribution is -2.38. The molecule has 0 saturated heterocycles. The first-order chi connectivity index (χ1) is 9.93. The molecule has 21 heavy (non-hydrogen) atoms. The Morgan fingerprint density at radius 3 is 2.52 bits per heavy atom. The molecule has 3 N–H and O–H groups in total. The number of halogens is 3. The van der Waals surface area contributed by atoms with Gasteiger partial charge in [0.15, 0.2) is 0 Å². The molecule has 0 fully saturated rings. The van der Waals surface area contributed by atoms with Crippen molar-refractivity contribution in [2.75, 3.05) is 0 Å². The summed E-state index contributed by atoms with van der Waals surface area (Å²) in [6.45, 7) is 1.88. The molecule has 0 spiro atoms. The third-order valence-corrected chi connectivity index (χ3v) is 4.30. The van der Waals surface area contributed by atoms with Crippen molar-refractivity contribution in [3.05, 3.63) is 51.0 Å². The monoisotopic (exact) mass is 330 g/mol. The summed E-state index contributed by atoms with van der Waals surface area (Å²) in [5.41, 5.74) is 4.87. The summed E-state index contributed by atoms with van der Waals surface area (Å²) in [5, 5.41) is 5.21. The van der Waals surface area contributed by atoms with Gasteiger partial charge in [0.2, 0.25) is 0 Å². The lowest BCUT2D eigenvalue weighted by atomic mass is 9.99. The second kappa shape index (κ2) is 6.75. The highest BCUT2D eigenvalue weighted by atomic mass is 35.5. The van der Waals surface area contributed by atoms with Crippen molar-refractivity contribution in [2.24, 2.45) is 12.9 Å². The van der Waals surface area contributed by atoms with Gasteiger partial charge in [0.25, 0.3) is 0 Å². The molecule has 0 aliphatic rings. The SMILES string of the molecule is Cc1nn(C)c(Cl)c1CC(Cc1c(F)cccc1Cl)NN. The highest BCUT2D eigenvalue weighted by molar-refractivity contribution is 6.31. The fraction of sp³-hybridized carbons (Fsp3) is 0.357. The van der Waals surface area contributed by atoms with E-state index in [0.717, 1.165) is 11.3 Å². The lowest BCUT2D eigenvalue weighted by molar-refractivity contribution is 0.506. The summed E-state index contributed by atoms with van der Waals surface area (Å²) in [6.07, 6.45) is 0.909. The summed E-state index contributed by atoms with van der Waals surface area (Å²) in [5.74, 6) is 5.25. The molecule has 0 saturated carbocycles. The molecule has 1 unspecified atom stereocenters. The van der Waals surface area contributed by atoms with Crippen molar-refractivity contribution in [3.63, 3.8) is 0 Å². The van der Waals surface area contributed by atoms with Crippen LogP contribution in [0.15, 0.2) is 18.2 Å². The van der Waals surface area contributed by atoms with Crippen LogP contribution in [0.5, 0.6) is 0 Å². The van der Waals surface area contributed by atoms with E-state index in [1.54, 1.807) is 23.9 Å². The number of nitrogens with two attached hydrogens (primary N) is 1. The van der Waals surface area contributed by atoms with E-state index in [1.807, 2.05) is 6.92 Å². The molecular weight excluding hydrogens is 314 g/mol. The molecule has 0 aliphatic heterocycles. The van der Waals surface area contributed by atoms with Crippen LogP contribution >= 0.6 is 23.2 Å². The Morgan fingerprint density at radius 2 is 2.00 bits per heavy atom. The van der Waals surface area contributed by atoms with Gasteiger partial charge in [-0.15, -0.1) is 0 Å². The Balaban J connectivity index is 2.21. The van der Waals surface area contributed by atoms with Crippen LogP contribution in [0, 0.1) is 12.7 Å². The van der Waals surface area contributed by atoms with Crippen molar-refractivity contribution < 1.29 is 4.39 Å². The summed E-state index contributed by atoms with van der Waals surface area (Å²) in [4.78, 5) is 0. The van der Waals surface area contributed by atoms with Gasteiger partial charge in [-0.05, 0) is 31.9 Å². The molecule has 1 aromatic carbocycles. The number of nitrogens with zero attached hydrogens (tertiary/aromatic N) is 2. The maximum atomic E-state index is 13.9. The second-order valence-corrected chi connectivity index (χ2v) is 5.72. The molecule has 2 aromatic rings. The predicted octanol–water partition coefficient (Wildman–Crippen LogP) is 2.79. The van der Waals surface area contributed by atoms with Crippen molar-refractivity contribution in [1.29, 1.82) is 0 Å². The Bertz CT molecular complexity index is 622. The van der Waals surface area contributed by atoms with Gasteiger partial charge in [-0.1, -0.05) is 29.3 Å². The molecule has 0 radical (unpaired) electrons. The predicted molar refractivity (Wildman–Crippen MR) is 82.9 cm³/mol. The topological polar surface area (TPSA) is 55.9 Å². The van der Waals surface area contributed by atoms with Crippen LogP contribution in [0.25, 0.3) is 0 Å². The van der Waals surface area contributed by atoms with E-state index in [1.165, 1.54) is 6.07 Å². The number of aryl methyl sites for hydroxylation is 2. The normalized spacial score (nSPS) is 12.7. The van der Waals surface area contributed by atoms with Gasteiger partial charge in [0.05, 0.1) is 5.69 Å². The van der Waals surface area contributed by atoms with Gasteiger partial charge in [0.1, 0.15) is 11.0 Å². The Kier molecular flexibility index (Phi) is 5.22. The number of hydrazine groups is 1. The van der Waals surface area contributed by atoms with Crippen LogP contribution in [0.2, 0.25) is 10.2 Å². The van der Waals surface area contributed by atoms with E-state index in [0.29, 0.717) is 28.6 Å². The number of rotatable bonds is 5. The molecule has 0 aliphatic carbocycles. The van der Waals surface area contributed by atoms with E-state index in [2.05, 4.69) is 10.5 Å². The molecule has 7 heteroatoms. The van der Waals surface area contributed by atoms with Crippen LogP contribution in [-0.4, -0.2) is 15.8 Å². The van der Waals surface area contributed by atoms with E-state index in [-0.39, 0.29) is 11.9 Å². The van der Waals surface area contributed by atoms with Crippen LogP contribution < -0.4 is 11.3 Å². The molecule has 1 heterocycles. The minimum absolute atomic E-state index is 0.195. The zero-order chi connectivity index (χ0) is 15.6. The maximum Gasteiger partial charge on any atom is 0.130 e. The maximum absolute atomic E-state index is 13.9. The van der Waals surface area contributed by atoms with Crippen LogP contribution in [0.4, 0.5) is 4.39 Å². The van der Waals surface area contributed by atoms with Gasteiger partial charge < -0.3 is 0 Å². The molecule has 1 aromatic heterocycles. The van der Waals surface area contributed by atoms with Crippen LogP contribution in [0.3, 0.4) is 0 Å². The number of hydrogen-bond donors (Lipinski definition) is 2. The number of aromatic nitrogens is 2. The average Bonchev–Trinajstić information content (AvgIpc) is 2.67. The van der Waals surface area contributed by atoms with Crippen molar-refractivity contribution in [2.45, 2.75) is 25.8 Å². The number of hydrogen-bond acceptors (Lipinski definition) is 3. The second-order valence-electron chi connectivity index (χ2n) is 4.95. The molecule has 0 amide bonds. The first kappa shape index (κ1) is 16.2. The minimum Gasteiger partial charge on any atom is -0.271 e. The third-order valence-electron chi connectivity index (χ3n) is 3.47. The zero-order valence-electron chi connectivity index (χ0n) is 11.8. The van der Waals surface area contributed by atoms with Crippen molar-refractivity contribution >= 4 is 23.2 Å². The van der Waals surface area contributed by atoms with Gasteiger partial charge in [-0.25, -0.2) is 4.39 Å². The van der Waals surface area contributed by atoms with E-state index < -0.39 is 0 Å². The first-order valence-electron chi connectivity index (χ1n) is 6.51. The summed E-state index contributed by atoms with van der Waals surface area (Å²) in [6, 6.07) is 4.43. The third kappa shape index (κ3) is 3.55. The van der Waals surface area contributed by atoms with E-state index in [4.69, 9.17) is 29.0 Å². The fourth-order valence-electron chi connectivity index (χ4n) is 2.32. The van der Waals surface area contributed by atoms with Gasteiger partial charge in [-0.3, -0.25) is 16.0 Å². The smallest absolute Gasteiger partial charge is 0.130 e. The minimum atomic E-state index is -0.336. The molecule has 114 valence electrons. The number of nitrogens with one attached hydrogen (secondary N) is 1. The molecule has 4 nitrogen and oxygen atoms in total. The summed E-state index contributed by atoms with van der Waals surface area (Å²) >= 11 is 12.3.